The third kappa shape index (κ3) is 2.33. The van der Waals surface area contributed by atoms with Crippen molar-refractivity contribution in [3.63, 3.8) is 0 Å². The van der Waals surface area contributed by atoms with E-state index in [2.05, 4.69) is 36.0 Å². The van der Waals surface area contributed by atoms with Gasteiger partial charge in [0.15, 0.2) is 0 Å². The molecule has 2 N–H and O–H groups in total. The summed E-state index contributed by atoms with van der Waals surface area (Å²) in [5.41, 5.74) is 8.43. The van der Waals surface area contributed by atoms with Crippen LogP contribution < -0.4 is 10.6 Å². The van der Waals surface area contributed by atoms with E-state index in [9.17, 15) is 0 Å². The number of nitrogens with zero attached hydrogens (tertiary/aromatic N) is 2. The van der Waals surface area contributed by atoms with Crippen molar-refractivity contribution in [3.8, 4) is 0 Å². The lowest BCUT2D eigenvalue weighted by molar-refractivity contribution is 0.336. The molecule has 1 aliphatic rings. The van der Waals surface area contributed by atoms with Gasteiger partial charge in [0, 0.05) is 36.3 Å². The molecule has 1 saturated carbocycles. The first-order chi connectivity index (χ1) is 9.66. The maximum Gasteiger partial charge on any atom is 0.0632 e. The van der Waals surface area contributed by atoms with Crippen LogP contribution in [0.4, 0.5) is 11.4 Å². The Labute approximate surface area is 120 Å². The molecule has 3 nitrogen and oxygen atoms in total. The lowest BCUT2D eigenvalue weighted by Gasteiger charge is -2.36. The summed E-state index contributed by atoms with van der Waals surface area (Å²) in [6.45, 7) is 2.36. The molecule has 20 heavy (non-hydrogen) atoms. The van der Waals surface area contributed by atoms with Gasteiger partial charge in [-0.25, -0.2) is 0 Å². The highest BCUT2D eigenvalue weighted by molar-refractivity contribution is 5.98. The van der Waals surface area contributed by atoms with E-state index in [-0.39, 0.29) is 0 Å². The molecule has 0 spiro atoms. The third-order valence-electron chi connectivity index (χ3n) is 4.68. The predicted molar refractivity (Wildman–Crippen MR) is 86.0 cm³/mol. The molecule has 3 heteroatoms. The number of nitrogens with two attached hydrogens (primary N) is 1. The van der Waals surface area contributed by atoms with Gasteiger partial charge in [0.25, 0.3) is 0 Å². The minimum Gasteiger partial charge on any atom is -0.397 e. The second kappa shape index (κ2) is 5.31. The second-order valence-electron chi connectivity index (χ2n) is 6.13. The van der Waals surface area contributed by atoms with Crippen molar-refractivity contribution in [3.05, 3.63) is 30.6 Å². The summed E-state index contributed by atoms with van der Waals surface area (Å²) in [7, 11) is 2.18. The van der Waals surface area contributed by atoms with E-state index in [0.29, 0.717) is 6.04 Å². The summed E-state index contributed by atoms with van der Waals surface area (Å²) >= 11 is 0. The summed E-state index contributed by atoms with van der Waals surface area (Å²) in [4.78, 5) is 6.54. The van der Waals surface area contributed by atoms with Crippen LogP contribution in [0.5, 0.6) is 0 Å². The molecular weight excluding hydrogens is 246 g/mol. The zero-order chi connectivity index (χ0) is 14.1. The van der Waals surface area contributed by atoms with Crippen LogP contribution >= 0.6 is 0 Å². The molecule has 2 unspecified atom stereocenters. The molecule has 0 radical (unpaired) electrons. The Morgan fingerprint density at radius 3 is 2.90 bits per heavy atom. The lowest BCUT2D eigenvalue weighted by Crippen LogP contribution is -2.35. The molecule has 106 valence electrons. The van der Waals surface area contributed by atoms with Gasteiger partial charge in [0.1, 0.15) is 0 Å². The number of rotatable bonds is 2. The molecule has 1 aromatic heterocycles. The van der Waals surface area contributed by atoms with E-state index in [4.69, 9.17) is 5.73 Å². The number of hydrogen-bond acceptors (Lipinski definition) is 3. The Morgan fingerprint density at radius 1 is 1.25 bits per heavy atom. The van der Waals surface area contributed by atoms with Crippen molar-refractivity contribution < 1.29 is 0 Å². The van der Waals surface area contributed by atoms with Gasteiger partial charge in [-0.05, 0) is 30.9 Å². The van der Waals surface area contributed by atoms with Gasteiger partial charge < -0.3 is 10.6 Å². The molecular formula is C17H23N3. The van der Waals surface area contributed by atoms with Gasteiger partial charge in [-0.15, -0.1) is 0 Å². The molecule has 1 fully saturated rings. The fourth-order valence-electron chi connectivity index (χ4n) is 3.44. The molecule has 1 heterocycles. The Hall–Kier alpha value is -1.77. The van der Waals surface area contributed by atoms with Crippen molar-refractivity contribution in [2.45, 2.75) is 38.6 Å². The third-order valence-corrected chi connectivity index (χ3v) is 4.68. The van der Waals surface area contributed by atoms with Crippen LogP contribution in [-0.2, 0) is 0 Å². The summed E-state index contributed by atoms with van der Waals surface area (Å²) in [6.07, 6.45) is 8.92. The van der Waals surface area contributed by atoms with Crippen molar-refractivity contribution >= 4 is 22.1 Å². The molecule has 0 bridgehead atoms. The standard InChI is InChI=1S/C17H23N3/c1-12-4-3-5-14(10-12)20(2)16-7-6-13-11-19-9-8-15(13)17(16)18/h6-9,11-12,14H,3-5,10,18H2,1-2H3. The molecule has 3 rings (SSSR count). The predicted octanol–water partition coefficient (Wildman–Crippen LogP) is 3.83. The monoisotopic (exact) mass is 269 g/mol. The van der Waals surface area contributed by atoms with Crippen LogP contribution in [0.1, 0.15) is 32.6 Å². The number of benzene rings is 1. The quantitative estimate of drug-likeness (QED) is 0.842. The van der Waals surface area contributed by atoms with E-state index in [1.807, 2.05) is 18.5 Å². The highest BCUT2D eigenvalue weighted by atomic mass is 15.1. The van der Waals surface area contributed by atoms with Gasteiger partial charge in [-0.1, -0.05) is 25.8 Å². The van der Waals surface area contributed by atoms with Crippen molar-refractivity contribution in [2.75, 3.05) is 17.7 Å². The van der Waals surface area contributed by atoms with Crippen LogP contribution in [0.3, 0.4) is 0 Å². The zero-order valence-corrected chi connectivity index (χ0v) is 12.3. The van der Waals surface area contributed by atoms with Gasteiger partial charge in [-0.2, -0.15) is 0 Å². The van der Waals surface area contributed by atoms with Gasteiger partial charge in [-0.3, -0.25) is 4.98 Å². The van der Waals surface area contributed by atoms with Gasteiger partial charge >= 0.3 is 0 Å². The van der Waals surface area contributed by atoms with E-state index in [1.54, 1.807) is 0 Å². The maximum atomic E-state index is 6.39. The lowest BCUT2D eigenvalue weighted by atomic mass is 9.86. The topological polar surface area (TPSA) is 42.2 Å². The minimum atomic E-state index is 0.611. The summed E-state index contributed by atoms with van der Waals surface area (Å²) in [5, 5.41) is 2.22. The smallest absolute Gasteiger partial charge is 0.0632 e. The Bertz CT molecular complexity index is 608. The van der Waals surface area contributed by atoms with E-state index < -0.39 is 0 Å². The van der Waals surface area contributed by atoms with Crippen molar-refractivity contribution in [1.29, 1.82) is 0 Å². The fraction of sp³-hybridized carbons (Fsp3) is 0.471. The second-order valence-corrected chi connectivity index (χ2v) is 6.13. The average Bonchev–Trinajstić information content (AvgIpc) is 2.47. The number of nitrogen functional groups attached to an aromatic ring is 1. The number of aromatic nitrogens is 1. The average molecular weight is 269 g/mol. The molecule has 0 amide bonds. The summed E-state index contributed by atoms with van der Waals surface area (Å²) < 4.78 is 0. The highest BCUT2D eigenvalue weighted by Gasteiger charge is 2.23. The van der Waals surface area contributed by atoms with Crippen LogP contribution in [0.2, 0.25) is 0 Å². The molecule has 1 aliphatic carbocycles. The van der Waals surface area contributed by atoms with E-state index in [0.717, 1.165) is 28.1 Å². The highest BCUT2D eigenvalue weighted by Crippen LogP contribution is 2.35. The van der Waals surface area contributed by atoms with Crippen molar-refractivity contribution in [1.82, 2.24) is 4.98 Å². The van der Waals surface area contributed by atoms with Gasteiger partial charge in [0.2, 0.25) is 0 Å². The Morgan fingerprint density at radius 2 is 2.10 bits per heavy atom. The molecule has 2 aromatic rings. The molecule has 0 aliphatic heterocycles. The number of hydrogen-bond donors (Lipinski definition) is 1. The fourth-order valence-corrected chi connectivity index (χ4v) is 3.44. The van der Waals surface area contributed by atoms with Gasteiger partial charge in [0.05, 0.1) is 11.4 Å². The van der Waals surface area contributed by atoms with Crippen LogP contribution in [0.15, 0.2) is 30.6 Å². The summed E-state index contributed by atoms with van der Waals surface area (Å²) in [5.74, 6) is 0.821. The van der Waals surface area contributed by atoms with E-state index in [1.165, 1.54) is 25.7 Å². The first-order valence-electron chi connectivity index (χ1n) is 7.52. The minimum absolute atomic E-state index is 0.611. The summed E-state index contributed by atoms with van der Waals surface area (Å²) in [6, 6.07) is 6.88. The Balaban J connectivity index is 1.95. The first-order valence-corrected chi connectivity index (χ1v) is 7.52. The number of fused-ring (bicyclic) bond motifs is 1. The van der Waals surface area contributed by atoms with E-state index >= 15 is 0 Å². The Kier molecular flexibility index (Phi) is 3.51. The largest absolute Gasteiger partial charge is 0.397 e. The van der Waals surface area contributed by atoms with Crippen LogP contribution in [-0.4, -0.2) is 18.1 Å². The first kappa shape index (κ1) is 13.2. The number of pyridine rings is 1. The van der Waals surface area contributed by atoms with Crippen LogP contribution in [0.25, 0.3) is 10.8 Å². The van der Waals surface area contributed by atoms with Crippen molar-refractivity contribution in [2.24, 2.45) is 5.92 Å². The normalized spacial score (nSPS) is 22.9. The van der Waals surface area contributed by atoms with Crippen LogP contribution in [0, 0.1) is 5.92 Å². The molecule has 2 atom stereocenters. The molecule has 0 saturated heterocycles. The number of anilines is 2. The maximum absolute atomic E-state index is 6.39. The zero-order valence-electron chi connectivity index (χ0n) is 12.3. The molecule has 1 aromatic carbocycles. The SMILES string of the molecule is CC1CCCC(N(C)c2ccc3cnccc3c2N)C1.